The Morgan fingerprint density at radius 2 is 1.93 bits per heavy atom. The Morgan fingerprint density at radius 1 is 1.17 bits per heavy atom. The van der Waals surface area contributed by atoms with Gasteiger partial charge < -0.3 is 20.0 Å². The van der Waals surface area contributed by atoms with Gasteiger partial charge in [-0.15, -0.1) is 0 Å². The number of nitrogens with one attached hydrogen (secondary N) is 2. The van der Waals surface area contributed by atoms with E-state index in [1.165, 1.54) is 4.90 Å². The van der Waals surface area contributed by atoms with Crippen LogP contribution in [0.4, 0.5) is 5.69 Å². The number of carbonyl (C=O) groups excluding carboxylic acids is 2. The van der Waals surface area contributed by atoms with Crippen LogP contribution in [-0.4, -0.2) is 41.4 Å². The normalized spacial score (nSPS) is 20.3. The number of rotatable bonds is 5. The fourth-order valence-corrected chi connectivity index (χ4v) is 3.92. The van der Waals surface area contributed by atoms with Crippen molar-refractivity contribution in [3.8, 4) is 5.75 Å². The molecule has 7 nitrogen and oxygen atoms in total. The van der Waals surface area contributed by atoms with E-state index >= 15 is 0 Å². The number of benzene rings is 2. The molecule has 0 radical (unpaired) electrons. The fourth-order valence-electron chi connectivity index (χ4n) is 3.92. The van der Waals surface area contributed by atoms with Gasteiger partial charge in [0.25, 0.3) is 5.91 Å². The third kappa shape index (κ3) is 4.02. The molecule has 0 spiro atoms. The van der Waals surface area contributed by atoms with Crippen LogP contribution >= 0.6 is 0 Å². The van der Waals surface area contributed by atoms with Crippen LogP contribution in [0.1, 0.15) is 29.2 Å². The van der Waals surface area contributed by atoms with E-state index in [2.05, 4.69) is 10.7 Å². The third-order valence-electron chi connectivity index (χ3n) is 5.56. The van der Waals surface area contributed by atoms with E-state index in [-0.39, 0.29) is 30.4 Å². The number of carbonyl (C=O) groups is 2. The van der Waals surface area contributed by atoms with Crippen LogP contribution in [0.15, 0.2) is 54.9 Å². The van der Waals surface area contributed by atoms with Crippen LogP contribution in [0.3, 0.4) is 0 Å². The highest BCUT2D eigenvalue weighted by molar-refractivity contribution is 5.96. The monoisotopic (exact) mass is 406 g/mol. The van der Waals surface area contributed by atoms with Crippen LogP contribution in [0.2, 0.25) is 0 Å². The Bertz CT molecular complexity index is 986. The molecule has 2 aliphatic rings. The Hall–Kier alpha value is -3.32. The Kier molecular flexibility index (Phi) is 5.46. The zero-order valence-electron chi connectivity index (χ0n) is 17.4. The topological polar surface area (TPSA) is 73.9 Å². The Morgan fingerprint density at radius 3 is 2.63 bits per heavy atom. The maximum atomic E-state index is 13.0. The molecule has 1 fully saturated rings. The highest BCUT2D eigenvalue weighted by Gasteiger charge is 2.40. The summed E-state index contributed by atoms with van der Waals surface area (Å²) in [6.07, 6.45) is 4.11. The van der Waals surface area contributed by atoms with Crippen molar-refractivity contribution in [1.29, 1.82) is 0 Å². The van der Waals surface area contributed by atoms with E-state index in [4.69, 9.17) is 4.74 Å². The Balaban J connectivity index is 1.39. The second-order valence-electron chi connectivity index (χ2n) is 7.74. The molecule has 2 aromatic rings. The summed E-state index contributed by atoms with van der Waals surface area (Å²) in [7, 11) is 1.64. The zero-order valence-corrected chi connectivity index (χ0v) is 17.4. The van der Waals surface area contributed by atoms with E-state index in [9.17, 15) is 9.59 Å². The van der Waals surface area contributed by atoms with E-state index in [1.807, 2.05) is 67.5 Å². The lowest BCUT2D eigenvalue weighted by molar-refractivity contribution is -0.137. The predicted molar refractivity (Wildman–Crippen MR) is 115 cm³/mol. The number of hydrogen-bond acceptors (Lipinski definition) is 5. The minimum atomic E-state index is -0.337. The summed E-state index contributed by atoms with van der Waals surface area (Å²) in [6, 6.07) is 13.4. The molecule has 2 aliphatic heterocycles. The summed E-state index contributed by atoms with van der Waals surface area (Å²) in [4.78, 5) is 27.0. The first-order valence-corrected chi connectivity index (χ1v) is 9.99. The van der Waals surface area contributed by atoms with Gasteiger partial charge in [0.15, 0.2) is 0 Å². The summed E-state index contributed by atoms with van der Waals surface area (Å²) in [5.74, 6) is 0.495. The van der Waals surface area contributed by atoms with Gasteiger partial charge in [0.2, 0.25) is 5.91 Å². The Labute approximate surface area is 176 Å². The van der Waals surface area contributed by atoms with E-state index in [0.29, 0.717) is 6.42 Å². The number of fused-ring (bicyclic) bond motifs is 1. The van der Waals surface area contributed by atoms with Crippen molar-refractivity contribution in [2.75, 3.05) is 19.0 Å². The van der Waals surface area contributed by atoms with Crippen molar-refractivity contribution in [3.05, 3.63) is 71.6 Å². The van der Waals surface area contributed by atoms with Gasteiger partial charge in [-0.05, 0) is 49.6 Å². The van der Waals surface area contributed by atoms with Gasteiger partial charge in [-0.25, -0.2) is 5.43 Å². The maximum Gasteiger partial charge on any atom is 0.251 e. The molecule has 0 aromatic heterocycles. The average Bonchev–Trinajstić information content (AvgIpc) is 3.17. The third-order valence-corrected chi connectivity index (χ3v) is 5.56. The summed E-state index contributed by atoms with van der Waals surface area (Å²) in [6.45, 7) is 3.95. The van der Waals surface area contributed by atoms with Gasteiger partial charge in [-0.2, -0.15) is 0 Å². The maximum absolute atomic E-state index is 13.0. The van der Waals surface area contributed by atoms with Gasteiger partial charge in [0.1, 0.15) is 18.3 Å². The van der Waals surface area contributed by atoms with Crippen molar-refractivity contribution in [1.82, 2.24) is 15.3 Å². The lowest BCUT2D eigenvalue weighted by Crippen LogP contribution is -2.49. The predicted octanol–water partition coefficient (Wildman–Crippen LogP) is 2.88. The molecule has 0 saturated carbocycles. The van der Waals surface area contributed by atoms with Crippen LogP contribution in [-0.2, 0) is 9.59 Å². The number of aryl methyl sites for hydroxylation is 2. The van der Waals surface area contributed by atoms with Crippen molar-refractivity contribution in [2.45, 2.75) is 32.4 Å². The van der Waals surface area contributed by atoms with E-state index in [1.54, 1.807) is 13.3 Å². The summed E-state index contributed by atoms with van der Waals surface area (Å²) >= 11 is 0. The number of hydrazine groups is 1. The quantitative estimate of drug-likeness (QED) is 0.799. The molecule has 156 valence electrons. The molecule has 0 bridgehead atoms. The fraction of sp³-hybridized carbons (Fsp3) is 0.304. The second-order valence-corrected chi connectivity index (χ2v) is 7.74. The zero-order chi connectivity index (χ0) is 21.3. The van der Waals surface area contributed by atoms with Gasteiger partial charge >= 0.3 is 0 Å². The first kappa shape index (κ1) is 20.0. The first-order chi connectivity index (χ1) is 14.4. The number of ether oxygens (including phenoxy) is 1. The second kappa shape index (κ2) is 8.20. The molecule has 2 N–H and O–H groups in total. The van der Waals surface area contributed by atoms with Crippen molar-refractivity contribution in [2.24, 2.45) is 0 Å². The number of methoxy groups -OCH3 is 1. The number of nitrogens with zero attached hydrogens (tertiary/aromatic N) is 2. The largest absolute Gasteiger partial charge is 0.497 e. The van der Waals surface area contributed by atoms with Crippen molar-refractivity contribution >= 4 is 17.5 Å². The van der Waals surface area contributed by atoms with Crippen LogP contribution < -0.4 is 15.5 Å². The number of amides is 2. The van der Waals surface area contributed by atoms with Crippen LogP contribution in [0, 0.1) is 13.8 Å². The smallest absolute Gasteiger partial charge is 0.251 e. The summed E-state index contributed by atoms with van der Waals surface area (Å²) in [5, 5.41) is 4.73. The molecule has 2 heterocycles. The molecule has 2 amide bonds. The molecule has 2 aromatic carbocycles. The molecule has 2 unspecified atom stereocenters. The SMILES string of the molecule is COc1ccc(C2CC3C(=O)N(CC(=O)Nc4ccc(C)cc4C)C=CN3N2)cc1. The van der Waals surface area contributed by atoms with E-state index < -0.39 is 0 Å². The standard InChI is InChI=1S/C23H26N4O3/c1-15-4-9-19(16(2)12-15)24-22(28)14-26-10-11-27-21(23(26)29)13-20(25-27)17-5-7-18(30-3)8-6-17/h4-12,20-21,25H,13-14H2,1-3H3,(H,24,28). The van der Waals surface area contributed by atoms with Crippen molar-refractivity contribution in [3.63, 3.8) is 0 Å². The van der Waals surface area contributed by atoms with Crippen LogP contribution in [0.25, 0.3) is 0 Å². The van der Waals surface area contributed by atoms with Crippen LogP contribution in [0.5, 0.6) is 5.75 Å². The summed E-state index contributed by atoms with van der Waals surface area (Å²) < 4.78 is 5.21. The molecular formula is C23H26N4O3. The van der Waals surface area contributed by atoms with Crippen molar-refractivity contribution < 1.29 is 14.3 Å². The molecule has 1 saturated heterocycles. The molecule has 0 aliphatic carbocycles. The minimum absolute atomic E-state index is 0.0137. The number of hydrogen-bond donors (Lipinski definition) is 2. The molecule has 30 heavy (non-hydrogen) atoms. The van der Waals surface area contributed by atoms with Gasteiger partial charge in [-0.1, -0.05) is 29.8 Å². The average molecular weight is 406 g/mol. The molecular weight excluding hydrogens is 380 g/mol. The van der Waals surface area contributed by atoms with Gasteiger partial charge in [-0.3, -0.25) is 9.59 Å². The van der Waals surface area contributed by atoms with E-state index in [0.717, 1.165) is 28.1 Å². The lowest BCUT2D eigenvalue weighted by atomic mass is 10.0. The molecule has 7 heteroatoms. The lowest BCUT2D eigenvalue weighted by Gasteiger charge is -2.31. The molecule has 4 rings (SSSR count). The number of anilines is 1. The highest BCUT2D eigenvalue weighted by atomic mass is 16.5. The van der Waals surface area contributed by atoms with Gasteiger partial charge in [0.05, 0.1) is 13.2 Å². The highest BCUT2D eigenvalue weighted by Crippen LogP contribution is 2.31. The summed E-state index contributed by atoms with van der Waals surface area (Å²) in [5.41, 5.74) is 7.35. The first-order valence-electron chi connectivity index (χ1n) is 9.99. The molecule has 2 atom stereocenters. The van der Waals surface area contributed by atoms with Gasteiger partial charge in [0, 0.05) is 18.1 Å². The minimum Gasteiger partial charge on any atom is -0.497 e.